The van der Waals surface area contributed by atoms with Crippen LogP contribution in [0, 0.1) is 11.8 Å². The van der Waals surface area contributed by atoms with Gasteiger partial charge in [0, 0.05) is 57.5 Å². The van der Waals surface area contributed by atoms with Crippen LogP contribution in [0.1, 0.15) is 32.3 Å². The van der Waals surface area contributed by atoms with Crippen LogP contribution in [0.2, 0.25) is 0 Å². The van der Waals surface area contributed by atoms with E-state index in [1.165, 1.54) is 5.56 Å². The molecule has 7 nitrogen and oxygen atoms in total. The molecule has 2 aliphatic rings. The highest BCUT2D eigenvalue weighted by molar-refractivity contribution is 5.76. The average molecular weight is 379 g/mol. The molecule has 1 aromatic heterocycles. The zero-order valence-electron chi connectivity index (χ0n) is 17.0. The van der Waals surface area contributed by atoms with Crippen LogP contribution in [0.4, 0.5) is 0 Å². The Morgan fingerprint density at radius 3 is 3.00 bits per heavy atom. The lowest BCUT2D eigenvalue weighted by molar-refractivity contribution is -0.134. The Labute approximate surface area is 162 Å². The SMILES string of the molecule is CCN(CCOC)C(=O)C[C@@H]1OC[C@H]2CN(Cc3cnn(CC)c3)CC[C@H]21. The normalized spacial score (nSPS) is 25.5. The van der Waals surface area contributed by atoms with E-state index in [0.29, 0.717) is 31.4 Å². The van der Waals surface area contributed by atoms with E-state index in [4.69, 9.17) is 9.47 Å². The van der Waals surface area contributed by atoms with Crippen LogP contribution in [0.15, 0.2) is 12.4 Å². The number of likely N-dealkylation sites (tertiary alicyclic amines) is 1. The minimum absolute atomic E-state index is 0.0732. The van der Waals surface area contributed by atoms with E-state index in [1.54, 1.807) is 7.11 Å². The standard InChI is InChI=1S/C20H34N4O3/c1-4-23(8-9-26-3)20(25)10-19-18-6-7-22(14-17(18)15-27-19)12-16-11-21-24(5-2)13-16/h11,13,17-19H,4-10,12,14-15H2,1-3H3/t17-,18-,19+/m1/s1. The van der Waals surface area contributed by atoms with Crippen LogP contribution in [0.5, 0.6) is 0 Å². The van der Waals surface area contributed by atoms with Gasteiger partial charge < -0.3 is 14.4 Å². The number of likely N-dealkylation sites (N-methyl/N-ethyl adjacent to an activating group) is 1. The van der Waals surface area contributed by atoms with E-state index in [9.17, 15) is 4.79 Å². The zero-order valence-corrected chi connectivity index (χ0v) is 17.0. The number of aryl methyl sites for hydroxylation is 1. The molecule has 0 aromatic carbocycles. The van der Waals surface area contributed by atoms with Gasteiger partial charge in [-0.2, -0.15) is 5.10 Å². The zero-order chi connectivity index (χ0) is 19.2. The number of hydrogen-bond donors (Lipinski definition) is 0. The molecule has 0 radical (unpaired) electrons. The van der Waals surface area contributed by atoms with Gasteiger partial charge in [-0.05, 0) is 32.7 Å². The third-order valence-corrected chi connectivity index (χ3v) is 5.97. The Morgan fingerprint density at radius 1 is 1.44 bits per heavy atom. The second-order valence-corrected chi connectivity index (χ2v) is 7.69. The summed E-state index contributed by atoms with van der Waals surface area (Å²) in [6.45, 7) is 10.8. The predicted molar refractivity (Wildman–Crippen MR) is 103 cm³/mol. The van der Waals surface area contributed by atoms with E-state index in [-0.39, 0.29) is 12.0 Å². The van der Waals surface area contributed by atoms with E-state index >= 15 is 0 Å². The van der Waals surface area contributed by atoms with Crippen LogP contribution in [0.25, 0.3) is 0 Å². The fourth-order valence-electron chi connectivity index (χ4n) is 4.40. The highest BCUT2D eigenvalue weighted by atomic mass is 16.5. The van der Waals surface area contributed by atoms with Gasteiger partial charge in [0.15, 0.2) is 0 Å². The number of aromatic nitrogens is 2. The Balaban J connectivity index is 1.49. The monoisotopic (exact) mass is 378 g/mol. The number of fused-ring (bicyclic) bond motifs is 1. The van der Waals surface area contributed by atoms with E-state index in [2.05, 4.69) is 23.1 Å². The number of methoxy groups -OCH3 is 1. The second-order valence-electron chi connectivity index (χ2n) is 7.69. The maximum atomic E-state index is 12.6. The lowest BCUT2D eigenvalue weighted by Gasteiger charge is -2.35. The number of rotatable bonds is 9. The summed E-state index contributed by atoms with van der Waals surface area (Å²) in [5.74, 6) is 1.23. The van der Waals surface area contributed by atoms with Crippen LogP contribution in [0.3, 0.4) is 0 Å². The van der Waals surface area contributed by atoms with Crippen molar-refractivity contribution in [1.82, 2.24) is 19.6 Å². The molecule has 0 aliphatic carbocycles. The number of carbonyl (C=O) groups is 1. The largest absolute Gasteiger partial charge is 0.383 e. The smallest absolute Gasteiger partial charge is 0.225 e. The predicted octanol–water partition coefficient (Wildman–Crippen LogP) is 1.62. The molecule has 3 heterocycles. The first-order chi connectivity index (χ1) is 13.1. The Hall–Kier alpha value is -1.44. The lowest BCUT2D eigenvalue weighted by Crippen LogP contribution is -2.42. The van der Waals surface area contributed by atoms with Crippen molar-refractivity contribution >= 4 is 5.91 Å². The molecule has 0 spiro atoms. The minimum atomic E-state index is 0.0732. The van der Waals surface area contributed by atoms with Gasteiger partial charge in [0.25, 0.3) is 0 Å². The number of hydrogen-bond acceptors (Lipinski definition) is 5. The molecule has 0 saturated carbocycles. The third kappa shape index (κ3) is 5.09. The molecule has 1 aromatic rings. The van der Waals surface area contributed by atoms with Crippen molar-refractivity contribution in [3.05, 3.63) is 18.0 Å². The summed E-state index contributed by atoms with van der Waals surface area (Å²) >= 11 is 0. The number of amides is 1. The topological polar surface area (TPSA) is 59.8 Å². The molecule has 3 rings (SSSR count). The molecule has 27 heavy (non-hydrogen) atoms. The second kappa shape index (κ2) is 9.66. The summed E-state index contributed by atoms with van der Waals surface area (Å²) in [5, 5.41) is 4.37. The molecular weight excluding hydrogens is 344 g/mol. The van der Waals surface area contributed by atoms with Gasteiger partial charge in [0.05, 0.1) is 31.9 Å². The number of carbonyl (C=O) groups excluding carboxylic acids is 1. The lowest BCUT2D eigenvalue weighted by atomic mass is 9.83. The van der Waals surface area contributed by atoms with Crippen molar-refractivity contribution < 1.29 is 14.3 Å². The van der Waals surface area contributed by atoms with Crippen molar-refractivity contribution in [2.75, 3.05) is 46.5 Å². The first kappa shape index (κ1) is 20.3. The van der Waals surface area contributed by atoms with E-state index in [0.717, 1.165) is 45.8 Å². The van der Waals surface area contributed by atoms with Crippen LogP contribution >= 0.6 is 0 Å². The van der Waals surface area contributed by atoms with Gasteiger partial charge in [-0.25, -0.2) is 0 Å². The summed E-state index contributed by atoms with van der Waals surface area (Å²) < 4.78 is 13.2. The first-order valence-corrected chi connectivity index (χ1v) is 10.3. The molecule has 1 amide bonds. The van der Waals surface area contributed by atoms with Crippen molar-refractivity contribution in [2.45, 2.75) is 45.9 Å². The molecule has 152 valence electrons. The summed E-state index contributed by atoms with van der Waals surface area (Å²) in [7, 11) is 1.67. The van der Waals surface area contributed by atoms with Gasteiger partial charge >= 0.3 is 0 Å². The molecule has 7 heteroatoms. The van der Waals surface area contributed by atoms with Gasteiger partial charge in [-0.3, -0.25) is 14.4 Å². The summed E-state index contributed by atoms with van der Waals surface area (Å²) in [6.07, 6.45) is 5.79. The molecule has 0 bridgehead atoms. The number of ether oxygens (including phenoxy) is 2. The van der Waals surface area contributed by atoms with Gasteiger partial charge in [-0.15, -0.1) is 0 Å². The van der Waals surface area contributed by atoms with Crippen molar-refractivity contribution in [3.8, 4) is 0 Å². The van der Waals surface area contributed by atoms with E-state index in [1.807, 2.05) is 22.7 Å². The molecular formula is C20H34N4O3. The molecule has 0 unspecified atom stereocenters. The van der Waals surface area contributed by atoms with E-state index < -0.39 is 0 Å². The first-order valence-electron chi connectivity index (χ1n) is 10.3. The molecule has 3 atom stereocenters. The third-order valence-electron chi connectivity index (χ3n) is 5.97. The minimum Gasteiger partial charge on any atom is -0.383 e. The number of piperidine rings is 1. The molecule has 2 saturated heterocycles. The highest BCUT2D eigenvalue weighted by Gasteiger charge is 2.41. The number of nitrogens with zero attached hydrogens (tertiary/aromatic N) is 4. The van der Waals surface area contributed by atoms with Crippen LogP contribution < -0.4 is 0 Å². The molecule has 2 fully saturated rings. The summed E-state index contributed by atoms with van der Waals surface area (Å²) in [4.78, 5) is 17.0. The fraction of sp³-hybridized carbons (Fsp3) is 0.800. The van der Waals surface area contributed by atoms with Gasteiger partial charge in [0.2, 0.25) is 5.91 Å². The molecule has 0 N–H and O–H groups in total. The van der Waals surface area contributed by atoms with Gasteiger partial charge in [-0.1, -0.05) is 0 Å². The van der Waals surface area contributed by atoms with Crippen LogP contribution in [-0.4, -0.2) is 78.1 Å². The van der Waals surface area contributed by atoms with Crippen molar-refractivity contribution in [3.63, 3.8) is 0 Å². The van der Waals surface area contributed by atoms with Crippen LogP contribution in [-0.2, 0) is 27.4 Å². The maximum absolute atomic E-state index is 12.6. The van der Waals surface area contributed by atoms with Gasteiger partial charge in [0.1, 0.15) is 0 Å². The average Bonchev–Trinajstić information content (AvgIpc) is 3.29. The Bertz CT molecular complexity index is 606. The maximum Gasteiger partial charge on any atom is 0.225 e. The summed E-state index contributed by atoms with van der Waals surface area (Å²) in [6, 6.07) is 0. The van der Waals surface area contributed by atoms with Crippen molar-refractivity contribution in [2.24, 2.45) is 11.8 Å². The molecule has 2 aliphatic heterocycles. The highest BCUT2D eigenvalue weighted by Crippen LogP contribution is 2.36. The Morgan fingerprint density at radius 2 is 2.30 bits per heavy atom. The summed E-state index contributed by atoms with van der Waals surface area (Å²) in [5.41, 5.74) is 1.28. The quantitative estimate of drug-likeness (QED) is 0.654. The fourth-order valence-corrected chi connectivity index (χ4v) is 4.40. The Kier molecular flexibility index (Phi) is 7.26. The van der Waals surface area contributed by atoms with Crippen molar-refractivity contribution in [1.29, 1.82) is 0 Å².